The van der Waals surface area contributed by atoms with Gasteiger partial charge in [0, 0.05) is 18.8 Å². The molecule has 1 aromatic rings. The van der Waals surface area contributed by atoms with Crippen LogP contribution in [-0.4, -0.2) is 42.0 Å². The van der Waals surface area contributed by atoms with Crippen LogP contribution >= 0.6 is 0 Å². The summed E-state index contributed by atoms with van der Waals surface area (Å²) in [6, 6.07) is 7.15. The van der Waals surface area contributed by atoms with Crippen LogP contribution in [-0.2, 0) is 9.53 Å². The summed E-state index contributed by atoms with van der Waals surface area (Å²) in [5, 5.41) is 19.7. The van der Waals surface area contributed by atoms with Gasteiger partial charge in [-0.05, 0) is 38.5 Å². The second-order valence-corrected chi connectivity index (χ2v) is 4.41. The molecule has 0 heterocycles. The van der Waals surface area contributed by atoms with Gasteiger partial charge in [-0.25, -0.2) is 4.79 Å². The first-order valence-electron chi connectivity index (χ1n) is 6.92. The summed E-state index contributed by atoms with van der Waals surface area (Å²) in [6.07, 6.45) is -2.84. The summed E-state index contributed by atoms with van der Waals surface area (Å²) < 4.78 is 4.69. The van der Waals surface area contributed by atoms with Gasteiger partial charge in [-0.1, -0.05) is 12.1 Å². The molecule has 0 fully saturated rings. The number of aliphatic hydroxyl groups excluding tert-OH is 2. The number of ether oxygens (including phenoxy) is 1. The number of esters is 1. The van der Waals surface area contributed by atoms with Crippen LogP contribution in [0.1, 0.15) is 32.4 Å². The fourth-order valence-corrected chi connectivity index (χ4v) is 2.01. The van der Waals surface area contributed by atoms with Crippen LogP contribution in [0.2, 0.25) is 0 Å². The van der Waals surface area contributed by atoms with Crippen molar-refractivity contribution in [3.05, 3.63) is 29.8 Å². The van der Waals surface area contributed by atoms with Crippen LogP contribution in [0.4, 0.5) is 5.69 Å². The third-order valence-electron chi connectivity index (χ3n) is 3.19. The number of rotatable bonds is 7. The molecule has 0 radical (unpaired) electrons. The molecule has 2 atom stereocenters. The number of carbonyl (C=O) groups excluding carboxylic acids is 1. The summed E-state index contributed by atoms with van der Waals surface area (Å²) in [5.41, 5.74) is 1.53. The summed E-state index contributed by atoms with van der Waals surface area (Å²) in [5.74, 6) is -0.812. The summed E-state index contributed by atoms with van der Waals surface area (Å²) >= 11 is 0. The van der Waals surface area contributed by atoms with E-state index in [1.54, 1.807) is 19.1 Å². The van der Waals surface area contributed by atoms with Gasteiger partial charge < -0.3 is 19.8 Å². The number of nitrogens with zero attached hydrogens (tertiary/aromatic N) is 1. The molecule has 0 aromatic heterocycles. The monoisotopic (exact) mass is 281 g/mol. The van der Waals surface area contributed by atoms with Crippen molar-refractivity contribution in [3.8, 4) is 0 Å². The molecule has 0 aliphatic heterocycles. The smallest absolute Gasteiger partial charge is 0.338 e. The van der Waals surface area contributed by atoms with Gasteiger partial charge in [0.2, 0.25) is 0 Å². The van der Waals surface area contributed by atoms with Crippen LogP contribution in [0.15, 0.2) is 24.3 Å². The Balaban J connectivity index is 2.79. The van der Waals surface area contributed by atoms with Gasteiger partial charge in [-0.3, -0.25) is 0 Å². The van der Waals surface area contributed by atoms with Crippen LogP contribution in [0.3, 0.4) is 0 Å². The minimum atomic E-state index is -1.56. The zero-order valence-electron chi connectivity index (χ0n) is 12.2. The Bertz CT molecular complexity index is 414. The van der Waals surface area contributed by atoms with Crippen molar-refractivity contribution >= 4 is 11.7 Å². The van der Waals surface area contributed by atoms with Gasteiger partial charge in [-0.2, -0.15) is 0 Å². The third-order valence-corrected chi connectivity index (χ3v) is 3.19. The minimum absolute atomic E-state index is 0.170. The van der Waals surface area contributed by atoms with Gasteiger partial charge in [0.05, 0.1) is 6.61 Å². The van der Waals surface area contributed by atoms with Crippen molar-refractivity contribution in [2.45, 2.75) is 33.0 Å². The van der Waals surface area contributed by atoms with Crippen molar-refractivity contribution in [2.75, 3.05) is 24.6 Å². The molecular weight excluding hydrogens is 258 g/mol. The van der Waals surface area contributed by atoms with Gasteiger partial charge >= 0.3 is 5.97 Å². The van der Waals surface area contributed by atoms with Gasteiger partial charge in [0.1, 0.15) is 6.10 Å². The highest BCUT2D eigenvalue weighted by Crippen LogP contribution is 2.22. The Morgan fingerprint density at radius 1 is 1.15 bits per heavy atom. The molecule has 0 aliphatic rings. The summed E-state index contributed by atoms with van der Waals surface area (Å²) in [6.45, 7) is 7.74. The lowest BCUT2D eigenvalue weighted by Crippen LogP contribution is -2.30. The molecule has 0 aliphatic carbocycles. The van der Waals surface area contributed by atoms with Crippen molar-refractivity contribution in [3.63, 3.8) is 0 Å². The number of benzene rings is 1. The molecule has 0 saturated heterocycles. The topological polar surface area (TPSA) is 70.0 Å². The number of anilines is 1. The van der Waals surface area contributed by atoms with Crippen LogP contribution < -0.4 is 4.90 Å². The SMILES string of the molecule is CCOC(=O)C(O)C(O)c1ccc(N(CC)CC)cc1. The lowest BCUT2D eigenvalue weighted by molar-refractivity contribution is -0.159. The first-order valence-corrected chi connectivity index (χ1v) is 6.92. The number of carbonyl (C=O) groups is 1. The van der Waals surface area contributed by atoms with E-state index in [0.717, 1.165) is 18.8 Å². The van der Waals surface area contributed by atoms with E-state index >= 15 is 0 Å². The maximum absolute atomic E-state index is 11.4. The van der Waals surface area contributed by atoms with E-state index in [2.05, 4.69) is 23.5 Å². The number of hydrogen-bond donors (Lipinski definition) is 2. The quantitative estimate of drug-likeness (QED) is 0.741. The average molecular weight is 281 g/mol. The highest BCUT2D eigenvalue weighted by Gasteiger charge is 2.26. The van der Waals surface area contributed by atoms with Gasteiger partial charge in [0.15, 0.2) is 6.10 Å². The summed E-state index contributed by atoms with van der Waals surface area (Å²) in [4.78, 5) is 13.5. The van der Waals surface area contributed by atoms with Gasteiger partial charge in [-0.15, -0.1) is 0 Å². The molecule has 112 valence electrons. The Morgan fingerprint density at radius 3 is 2.15 bits per heavy atom. The molecule has 1 aromatic carbocycles. The standard InChI is InChI=1S/C15H23NO4/c1-4-16(5-2)12-9-7-11(8-10-12)13(17)14(18)15(19)20-6-3/h7-10,13-14,17-18H,4-6H2,1-3H3. The van der Waals surface area contributed by atoms with Crippen molar-refractivity contribution in [1.29, 1.82) is 0 Å². The van der Waals surface area contributed by atoms with Crippen molar-refractivity contribution < 1.29 is 19.7 Å². The molecule has 2 unspecified atom stereocenters. The van der Waals surface area contributed by atoms with E-state index in [0.29, 0.717) is 5.56 Å². The fourth-order valence-electron chi connectivity index (χ4n) is 2.01. The van der Waals surface area contributed by atoms with E-state index in [9.17, 15) is 15.0 Å². The highest BCUT2D eigenvalue weighted by molar-refractivity contribution is 5.75. The predicted octanol–water partition coefficient (Wildman–Crippen LogP) is 1.49. The second-order valence-electron chi connectivity index (χ2n) is 4.41. The largest absolute Gasteiger partial charge is 0.464 e. The molecule has 0 saturated carbocycles. The Kier molecular flexibility index (Phi) is 6.48. The van der Waals surface area contributed by atoms with Crippen molar-refractivity contribution in [2.24, 2.45) is 0 Å². The molecule has 0 spiro atoms. The molecule has 5 nitrogen and oxygen atoms in total. The molecule has 2 N–H and O–H groups in total. The molecule has 5 heteroatoms. The fraction of sp³-hybridized carbons (Fsp3) is 0.533. The Morgan fingerprint density at radius 2 is 1.70 bits per heavy atom. The van der Waals surface area contributed by atoms with E-state index in [4.69, 9.17) is 0 Å². The normalized spacial score (nSPS) is 13.7. The lowest BCUT2D eigenvalue weighted by Gasteiger charge is -2.22. The summed E-state index contributed by atoms with van der Waals surface area (Å²) in [7, 11) is 0. The molecule has 0 amide bonds. The Labute approximate surface area is 119 Å². The van der Waals surface area contributed by atoms with E-state index in [1.165, 1.54) is 0 Å². The first kappa shape index (κ1) is 16.5. The first-order chi connectivity index (χ1) is 9.54. The van der Waals surface area contributed by atoms with E-state index in [-0.39, 0.29) is 6.61 Å². The molecule has 20 heavy (non-hydrogen) atoms. The molecule has 0 bridgehead atoms. The maximum atomic E-state index is 11.4. The Hall–Kier alpha value is -1.59. The third kappa shape index (κ3) is 3.95. The van der Waals surface area contributed by atoms with Crippen LogP contribution in [0.5, 0.6) is 0 Å². The van der Waals surface area contributed by atoms with Crippen molar-refractivity contribution in [1.82, 2.24) is 0 Å². The molecular formula is C15H23NO4. The lowest BCUT2D eigenvalue weighted by atomic mass is 10.0. The number of hydrogen-bond acceptors (Lipinski definition) is 5. The van der Waals surface area contributed by atoms with E-state index in [1.807, 2.05) is 12.1 Å². The zero-order valence-corrected chi connectivity index (χ0v) is 12.2. The second kappa shape index (κ2) is 7.87. The van der Waals surface area contributed by atoms with Crippen LogP contribution in [0, 0.1) is 0 Å². The molecule has 1 rings (SSSR count). The maximum Gasteiger partial charge on any atom is 0.338 e. The van der Waals surface area contributed by atoms with Crippen LogP contribution in [0.25, 0.3) is 0 Å². The zero-order chi connectivity index (χ0) is 15.1. The predicted molar refractivity (Wildman–Crippen MR) is 77.6 cm³/mol. The van der Waals surface area contributed by atoms with E-state index < -0.39 is 18.2 Å². The minimum Gasteiger partial charge on any atom is -0.464 e. The number of aliphatic hydroxyl groups is 2. The average Bonchev–Trinajstić information content (AvgIpc) is 2.48. The van der Waals surface area contributed by atoms with Gasteiger partial charge in [0.25, 0.3) is 0 Å². The highest BCUT2D eigenvalue weighted by atomic mass is 16.5.